The SMILES string of the molecule is COC(=O)C(C)N1CC(N2CCNCC2)C1. The molecule has 0 saturated carbocycles. The summed E-state index contributed by atoms with van der Waals surface area (Å²) in [5, 5.41) is 3.35. The standard InChI is InChI=1S/C11H21N3O2/c1-9(11(15)16-2)14-7-10(8-14)13-5-3-12-4-6-13/h9-10,12H,3-8H2,1-2H3. The maximum absolute atomic E-state index is 11.3. The Labute approximate surface area is 96.7 Å². The van der Waals surface area contributed by atoms with Gasteiger partial charge in [-0.3, -0.25) is 14.6 Å². The number of methoxy groups -OCH3 is 1. The number of ether oxygens (including phenoxy) is 1. The average molecular weight is 227 g/mol. The van der Waals surface area contributed by atoms with Crippen molar-refractivity contribution < 1.29 is 9.53 Å². The number of piperazine rings is 1. The van der Waals surface area contributed by atoms with Crippen LogP contribution in [-0.4, -0.2) is 74.2 Å². The molecule has 1 unspecified atom stereocenters. The highest BCUT2D eigenvalue weighted by atomic mass is 16.5. The van der Waals surface area contributed by atoms with Gasteiger partial charge in [0.2, 0.25) is 0 Å². The molecule has 0 radical (unpaired) electrons. The minimum atomic E-state index is -0.126. The fourth-order valence-electron chi connectivity index (χ4n) is 2.40. The molecule has 0 amide bonds. The van der Waals surface area contributed by atoms with Gasteiger partial charge in [0.05, 0.1) is 7.11 Å². The second kappa shape index (κ2) is 5.12. The highest BCUT2D eigenvalue weighted by molar-refractivity contribution is 5.75. The summed E-state index contributed by atoms with van der Waals surface area (Å²) in [4.78, 5) is 16.0. The summed E-state index contributed by atoms with van der Waals surface area (Å²) >= 11 is 0. The number of hydrogen-bond acceptors (Lipinski definition) is 5. The second-order valence-corrected chi connectivity index (χ2v) is 4.59. The molecule has 0 aromatic carbocycles. The van der Waals surface area contributed by atoms with Crippen molar-refractivity contribution in [2.24, 2.45) is 0 Å². The Balaban J connectivity index is 1.74. The van der Waals surface area contributed by atoms with Gasteiger partial charge in [-0.05, 0) is 6.92 Å². The van der Waals surface area contributed by atoms with Crippen LogP contribution in [0.1, 0.15) is 6.92 Å². The second-order valence-electron chi connectivity index (χ2n) is 4.59. The lowest BCUT2D eigenvalue weighted by atomic mass is 10.0. The van der Waals surface area contributed by atoms with Gasteiger partial charge >= 0.3 is 5.97 Å². The summed E-state index contributed by atoms with van der Waals surface area (Å²) < 4.78 is 4.75. The van der Waals surface area contributed by atoms with Gasteiger partial charge in [0.15, 0.2) is 0 Å². The van der Waals surface area contributed by atoms with Crippen LogP contribution in [0.4, 0.5) is 0 Å². The zero-order valence-electron chi connectivity index (χ0n) is 10.1. The molecule has 0 spiro atoms. The van der Waals surface area contributed by atoms with Crippen LogP contribution in [0.25, 0.3) is 0 Å². The highest BCUT2D eigenvalue weighted by Gasteiger charge is 2.37. The number of esters is 1. The molecule has 92 valence electrons. The Kier molecular flexibility index (Phi) is 3.78. The van der Waals surface area contributed by atoms with Crippen LogP contribution in [0.5, 0.6) is 0 Å². The van der Waals surface area contributed by atoms with Gasteiger partial charge in [0, 0.05) is 45.3 Å². The van der Waals surface area contributed by atoms with Crippen molar-refractivity contribution in [1.82, 2.24) is 15.1 Å². The smallest absolute Gasteiger partial charge is 0.322 e. The fourth-order valence-corrected chi connectivity index (χ4v) is 2.40. The first-order valence-electron chi connectivity index (χ1n) is 5.99. The molecule has 2 saturated heterocycles. The summed E-state index contributed by atoms with van der Waals surface area (Å²) in [6, 6.07) is 0.540. The van der Waals surface area contributed by atoms with Crippen molar-refractivity contribution >= 4 is 5.97 Å². The van der Waals surface area contributed by atoms with Crippen molar-refractivity contribution in [1.29, 1.82) is 0 Å². The number of nitrogens with zero attached hydrogens (tertiary/aromatic N) is 2. The van der Waals surface area contributed by atoms with Crippen molar-refractivity contribution in [2.75, 3.05) is 46.4 Å². The number of nitrogens with one attached hydrogen (secondary N) is 1. The molecule has 0 aromatic rings. The lowest BCUT2D eigenvalue weighted by molar-refractivity contribution is -0.149. The minimum absolute atomic E-state index is 0.0934. The number of carbonyl (C=O) groups is 1. The molecule has 2 fully saturated rings. The molecule has 2 heterocycles. The predicted octanol–water partition coefficient (Wildman–Crippen LogP) is -0.863. The molecule has 2 aliphatic rings. The van der Waals surface area contributed by atoms with Gasteiger partial charge in [-0.15, -0.1) is 0 Å². The molecule has 5 heteroatoms. The van der Waals surface area contributed by atoms with Gasteiger partial charge in [-0.25, -0.2) is 0 Å². The Hall–Kier alpha value is -0.650. The molecule has 1 N–H and O–H groups in total. The molecular formula is C11H21N3O2. The lowest BCUT2D eigenvalue weighted by Gasteiger charge is -2.48. The Morgan fingerprint density at radius 2 is 2.00 bits per heavy atom. The largest absolute Gasteiger partial charge is 0.468 e. The topological polar surface area (TPSA) is 44.8 Å². The van der Waals surface area contributed by atoms with Crippen LogP contribution in [0.3, 0.4) is 0 Å². The first-order chi connectivity index (χ1) is 7.72. The van der Waals surface area contributed by atoms with E-state index in [9.17, 15) is 4.79 Å². The van der Waals surface area contributed by atoms with Gasteiger partial charge in [0.1, 0.15) is 6.04 Å². The minimum Gasteiger partial charge on any atom is -0.468 e. The number of hydrogen-bond donors (Lipinski definition) is 1. The molecule has 0 bridgehead atoms. The van der Waals surface area contributed by atoms with Crippen LogP contribution in [0.2, 0.25) is 0 Å². The van der Waals surface area contributed by atoms with E-state index < -0.39 is 0 Å². The van der Waals surface area contributed by atoms with Crippen LogP contribution >= 0.6 is 0 Å². The summed E-state index contributed by atoms with van der Waals surface area (Å²) in [5.41, 5.74) is 0. The zero-order chi connectivity index (χ0) is 11.5. The molecule has 2 rings (SSSR count). The molecule has 0 aliphatic carbocycles. The number of likely N-dealkylation sites (tertiary alicyclic amines) is 1. The predicted molar refractivity (Wildman–Crippen MR) is 61.3 cm³/mol. The Bertz CT molecular complexity index is 248. The Morgan fingerprint density at radius 1 is 1.38 bits per heavy atom. The van der Waals surface area contributed by atoms with E-state index in [0.717, 1.165) is 39.3 Å². The van der Waals surface area contributed by atoms with E-state index in [1.54, 1.807) is 0 Å². The molecule has 2 aliphatic heterocycles. The normalized spacial score (nSPS) is 26.1. The molecular weight excluding hydrogens is 206 g/mol. The maximum atomic E-state index is 11.3. The first-order valence-corrected chi connectivity index (χ1v) is 5.99. The fraction of sp³-hybridized carbons (Fsp3) is 0.909. The van der Waals surface area contributed by atoms with Crippen LogP contribution in [0.15, 0.2) is 0 Å². The third-order valence-electron chi connectivity index (χ3n) is 3.65. The molecule has 16 heavy (non-hydrogen) atoms. The number of rotatable bonds is 3. The molecule has 1 atom stereocenters. The average Bonchev–Trinajstić information content (AvgIpc) is 2.27. The van der Waals surface area contributed by atoms with Crippen molar-refractivity contribution in [2.45, 2.75) is 19.0 Å². The van der Waals surface area contributed by atoms with Crippen LogP contribution in [0, 0.1) is 0 Å². The van der Waals surface area contributed by atoms with Crippen molar-refractivity contribution in [3.05, 3.63) is 0 Å². The molecule has 0 aromatic heterocycles. The van der Waals surface area contributed by atoms with Gasteiger partial charge in [0.25, 0.3) is 0 Å². The third kappa shape index (κ3) is 2.36. The number of carbonyl (C=O) groups excluding carboxylic acids is 1. The van der Waals surface area contributed by atoms with Gasteiger partial charge in [-0.1, -0.05) is 0 Å². The summed E-state index contributed by atoms with van der Waals surface area (Å²) in [5.74, 6) is -0.126. The summed E-state index contributed by atoms with van der Waals surface area (Å²) in [6.07, 6.45) is 0. The summed E-state index contributed by atoms with van der Waals surface area (Å²) in [6.45, 7) is 8.34. The van der Waals surface area contributed by atoms with E-state index >= 15 is 0 Å². The van der Waals surface area contributed by atoms with E-state index in [4.69, 9.17) is 4.74 Å². The lowest BCUT2D eigenvalue weighted by Crippen LogP contribution is -2.65. The van der Waals surface area contributed by atoms with E-state index in [0.29, 0.717) is 6.04 Å². The monoisotopic (exact) mass is 227 g/mol. The zero-order valence-corrected chi connectivity index (χ0v) is 10.1. The van der Waals surface area contributed by atoms with Crippen LogP contribution < -0.4 is 5.32 Å². The first kappa shape index (κ1) is 11.8. The summed E-state index contributed by atoms with van der Waals surface area (Å²) in [7, 11) is 1.45. The molecule has 5 nitrogen and oxygen atoms in total. The van der Waals surface area contributed by atoms with E-state index in [-0.39, 0.29) is 12.0 Å². The van der Waals surface area contributed by atoms with Gasteiger partial charge < -0.3 is 10.1 Å². The van der Waals surface area contributed by atoms with E-state index in [2.05, 4.69) is 15.1 Å². The van der Waals surface area contributed by atoms with Crippen LogP contribution in [-0.2, 0) is 9.53 Å². The van der Waals surface area contributed by atoms with Gasteiger partial charge in [-0.2, -0.15) is 0 Å². The van der Waals surface area contributed by atoms with E-state index in [1.165, 1.54) is 7.11 Å². The highest BCUT2D eigenvalue weighted by Crippen LogP contribution is 2.18. The third-order valence-corrected chi connectivity index (χ3v) is 3.65. The van der Waals surface area contributed by atoms with E-state index in [1.807, 2.05) is 6.92 Å². The Morgan fingerprint density at radius 3 is 2.56 bits per heavy atom. The quantitative estimate of drug-likeness (QED) is 0.636. The van der Waals surface area contributed by atoms with Crippen molar-refractivity contribution in [3.63, 3.8) is 0 Å². The maximum Gasteiger partial charge on any atom is 0.322 e. The van der Waals surface area contributed by atoms with Crippen molar-refractivity contribution in [3.8, 4) is 0 Å².